The fraction of sp³-hybridized carbons (Fsp3) is 0.849. The number of aliphatic carboxylic acids is 1. The van der Waals surface area contributed by atoms with Crippen LogP contribution in [0.2, 0.25) is 0 Å². The summed E-state index contributed by atoms with van der Waals surface area (Å²) in [5.74, 6) is -3.37. The molecule has 3 saturated heterocycles. The molecule has 0 aliphatic carbocycles. The first-order valence-corrected chi connectivity index (χ1v) is 42.7. The molecule has 3 aliphatic rings. The van der Waals surface area contributed by atoms with Gasteiger partial charge in [0.1, 0.15) is 76.8 Å². The fourth-order valence-electron chi connectivity index (χ4n) is 12.3. The third-order valence-corrected chi connectivity index (χ3v) is 22.1. The Kier molecular flexibility index (Phi) is 54.2. The van der Waals surface area contributed by atoms with Gasteiger partial charge in [-0.15, -0.1) is 35.3 Å². The Morgan fingerprint density at radius 2 is 0.575 bits per heavy atom. The Morgan fingerprint density at radius 3 is 0.832 bits per heavy atom. The van der Waals surface area contributed by atoms with E-state index in [1.54, 1.807) is 0 Å². The van der Waals surface area contributed by atoms with Crippen LogP contribution in [0.5, 0.6) is 0 Å². The van der Waals surface area contributed by atoms with Crippen molar-refractivity contribution in [1.82, 2.24) is 53.2 Å². The van der Waals surface area contributed by atoms with Crippen LogP contribution in [0.1, 0.15) is 181 Å². The van der Waals surface area contributed by atoms with Crippen LogP contribution in [-0.2, 0) is 81.2 Å². The number of rotatable bonds is 63. The van der Waals surface area contributed by atoms with E-state index in [1.165, 1.54) is 20.8 Å². The number of hydrogen-bond donors (Lipinski definition) is 20. The zero-order chi connectivity index (χ0) is 83.4. The monoisotopic (exact) mass is 1670 g/mol. The van der Waals surface area contributed by atoms with E-state index in [0.29, 0.717) is 110 Å². The van der Waals surface area contributed by atoms with E-state index in [9.17, 15) is 98.7 Å². The maximum atomic E-state index is 13.9. The molecular weight excluding hydrogens is 1550 g/mol. The molecule has 15 atom stereocenters. The number of aliphatic hydroxyl groups excluding tert-OH is 9. The molecule has 3 aliphatic heterocycles. The molecular formula is C73H130N10O27S3. The van der Waals surface area contributed by atoms with Gasteiger partial charge in [-0.3, -0.25) is 52.7 Å². The third kappa shape index (κ3) is 44.1. The highest BCUT2D eigenvalue weighted by Gasteiger charge is 2.48. The summed E-state index contributed by atoms with van der Waals surface area (Å²) in [6, 6.07) is -2.89. The maximum absolute atomic E-state index is 13.9. The molecule has 0 aromatic rings. The van der Waals surface area contributed by atoms with E-state index in [4.69, 9.17) is 33.5 Å². The minimum atomic E-state index is -1.42. The summed E-state index contributed by atoms with van der Waals surface area (Å²) in [6.45, 7) is 3.41. The molecule has 0 aromatic heterocycles. The first-order chi connectivity index (χ1) is 54.1. The average molecular weight is 1680 g/mol. The Hall–Kier alpha value is -5.38. The van der Waals surface area contributed by atoms with Crippen LogP contribution < -0.4 is 53.2 Å². The second-order valence-corrected chi connectivity index (χ2v) is 32.0. The molecule has 0 aromatic carbocycles. The molecule has 0 radical (unpaired) electrons. The van der Waals surface area contributed by atoms with E-state index < -0.39 is 138 Å². The summed E-state index contributed by atoms with van der Waals surface area (Å²) < 4.78 is 35.5. The predicted octanol–water partition coefficient (Wildman–Crippen LogP) is -2.54. The standard InChI is InChI=1S/C73H130N10O27S3/c1-47(87)80-61-67(102)64(99)50(41-84)108-70(61)111-38-26-56(93)77-32-18-10-15-29-74-53(90)23-35-105-44-73(83-59(96)21-13-8-6-4-5-7-9-14-22-60(97)98,45-106-36-24-54(91)75-30-16-11-19-33-78-57(94)27-39-112-71-62(81-48(2)88)68(103)65(100)51(42-85)109-71)46-107-37-25-55(92)76-31-17-12-20-34-79-58(95)28-40-113-72-63(82-49(3)89)69(104)66(101)52(43-86)110-72/h50-52,61-72,84-86,99-104H,4-46H2,1-3H3,(H,74,90)(H,75,91)(H,76,92)(H,77,93)(H,78,94)(H,79,95)(H,80,87)(H,81,88)(H,82,89)(H,83,96)(H,97,98)/t50-,51-,52-,61-,62-,63-,64+,65+,66+,67-,68-,69-,70+,71+,72+/m1/s1. The van der Waals surface area contributed by atoms with Crippen molar-refractivity contribution >= 4 is 100 Å². The van der Waals surface area contributed by atoms with Gasteiger partial charge in [-0.1, -0.05) is 38.5 Å². The van der Waals surface area contributed by atoms with Crippen molar-refractivity contribution in [2.75, 3.05) is 116 Å². The number of carbonyl (C=O) groups is 11. The van der Waals surface area contributed by atoms with Crippen LogP contribution in [0, 0.1) is 0 Å². The van der Waals surface area contributed by atoms with Crippen LogP contribution >= 0.6 is 35.3 Å². The van der Waals surface area contributed by atoms with Crippen LogP contribution in [0.25, 0.3) is 0 Å². The van der Waals surface area contributed by atoms with Crippen molar-refractivity contribution in [2.45, 2.75) is 276 Å². The molecule has 652 valence electrons. The lowest BCUT2D eigenvalue weighted by atomic mass is 9.98. The second-order valence-electron chi connectivity index (χ2n) is 28.4. The number of unbranched alkanes of at least 4 members (excludes halogenated alkanes) is 13. The van der Waals surface area contributed by atoms with Gasteiger partial charge in [0.15, 0.2) is 0 Å². The predicted molar refractivity (Wildman–Crippen MR) is 418 cm³/mol. The Morgan fingerprint density at radius 1 is 0.327 bits per heavy atom. The molecule has 20 N–H and O–H groups in total. The number of hydrogen-bond acceptors (Lipinski definition) is 29. The molecule has 0 bridgehead atoms. The largest absolute Gasteiger partial charge is 0.481 e. The van der Waals surface area contributed by atoms with Crippen molar-refractivity contribution in [1.29, 1.82) is 0 Å². The van der Waals surface area contributed by atoms with Gasteiger partial charge in [-0.05, 0) is 70.6 Å². The third-order valence-electron chi connectivity index (χ3n) is 18.6. The second kappa shape index (κ2) is 60.2. The molecule has 0 unspecified atom stereocenters. The highest BCUT2D eigenvalue weighted by atomic mass is 32.2. The normalized spacial score (nSPS) is 23.6. The highest BCUT2D eigenvalue weighted by molar-refractivity contribution is 8.00. The van der Waals surface area contributed by atoms with Gasteiger partial charge in [0.05, 0.1) is 77.6 Å². The van der Waals surface area contributed by atoms with Gasteiger partial charge in [-0.2, -0.15) is 0 Å². The number of carboxylic acids is 1. The minimum Gasteiger partial charge on any atom is -0.481 e. The number of nitrogens with one attached hydrogen (secondary N) is 10. The van der Waals surface area contributed by atoms with Crippen LogP contribution in [-0.4, -0.2) is 327 Å². The molecule has 0 saturated carbocycles. The molecule has 37 nitrogen and oxygen atoms in total. The number of amides is 10. The number of ether oxygens (including phenoxy) is 6. The molecule has 3 rings (SSSR count). The molecule has 3 heterocycles. The number of carbonyl (C=O) groups excluding carboxylic acids is 10. The van der Waals surface area contributed by atoms with E-state index in [1.807, 2.05) is 0 Å². The Balaban J connectivity index is 1.55. The zero-order valence-corrected chi connectivity index (χ0v) is 68.2. The van der Waals surface area contributed by atoms with Crippen LogP contribution in [0.4, 0.5) is 0 Å². The lowest BCUT2D eigenvalue weighted by Crippen LogP contribution is -2.63. The summed E-state index contributed by atoms with van der Waals surface area (Å²) in [7, 11) is 0. The quantitative estimate of drug-likeness (QED) is 0.0279. The summed E-state index contributed by atoms with van der Waals surface area (Å²) in [4.78, 5) is 137. The van der Waals surface area contributed by atoms with Crippen molar-refractivity contribution in [3.8, 4) is 0 Å². The number of carboxylic acid groups (broad SMARTS) is 1. The fourth-order valence-corrected chi connectivity index (χ4v) is 15.9. The summed E-state index contributed by atoms with van der Waals surface area (Å²) >= 11 is 3.48. The van der Waals surface area contributed by atoms with Crippen molar-refractivity contribution in [3.63, 3.8) is 0 Å². The van der Waals surface area contributed by atoms with E-state index >= 15 is 0 Å². The molecule has 0 spiro atoms. The topological polar surface area (TPSA) is 566 Å². The maximum Gasteiger partial charge on any atom is 0.303 e. The summed E-state index contributed by atoms with van der Waals surface area (Å²) in [6.07, 6.45) is 0.758. The van der Waals surface area contributed by atoms with Gasteiger partial charge in [0, 0.05) is 129 Å². The Bertz CT molecular complexity index is 2540. The van der Waals surface area contributed by atoms with Gasteiger partial charge in [0.2, 0.25) is 59.1 Å². The highest BCUT2D eigenvalue weighted by Crippen LogP contribution is 2.32. The first-order valence-electron chi connectivity index (χ1n) is 39.5. The summed E-state index contributed by atoms with van der Waals surface area (Å²) in [5, 5.41) is 128. The average Bonchev–Trinajstić information content (AvgIpc) is 0.819. The summed E-state index contributed by atoms with van der Waals surface area (Å²) in [5.41, 5.74) is -3.84. The van der Waals surface area contributed by atoms with Gasteiger partial charge < -0.3 is 133 Å². The van der Waals surface area contributed by atoms with Crippen molar-refractivity contribution < 1.29 is 132 Å². The lowest BCUT2D eigenvalue weighted by Gasteiger charge is -2.42. The number of thioether (sulfide) groups is 3. The zero-order valence-electron chi connectivity index (χ0n) is 65.7. The van der Waals surface area contributed by atoms with Crippen molar-refractivity contribution in [2.24, 2.45) is 0 Å². The molecule has 113 heavy (non-hydrogen) atoms. The molecule has 40 heteroatoms. The SMILES string of the molecule is CC(=O)N[C@@H]1[C@@H](O)[C@@H](O)[C@@H](CO)O[C@H]1SCCC(=O)NCCCCCNC(=O)CCOCC(COCCC(=O)NCCCCCNC(=O)CCS[C@@H]1O[C@H](CO)[C@H](O)[C@H](O)[C@H]1NC(C)=O)(COCCC(=O)NCCCCCNC(=O)CCS[C@@H]1O[C@H](CO)[C@H](O)[C@H](O)[C@H]1NC(C)=O)NC(=O)CCCCCCCCCCC(=O)O. The van der Waals surface area contributed by atoms with Crippen LogP contribution in [0.3, 0.4) is 0 Å². The van der Waals surface area contributed by atoms with E-state index in [0.717, 1.165) is 73.8 Å². The smallest absolute Gasteiger partial charge is 0.303 e. The minimum absolute atomic E-state index is 0.0543. The molecule has 10 amide bonds. The van der Waals surface area contributed by atoms with E-state index in [-0.39, 0.29) is 150 Å². The van der Waals surface area contributed by atoms with Gasteiger partial charge >= 0.3 is 5.97 Å². The molecule has 3 fully saturated rings. The Labute approximate surface area is 674 Å². The lowest BCUT2D eigenvalue weighted by molar-refractivity contribution is -0.173. The number of aliphatic hydroxyl groups is 9. The van der Waals surface area contributed by atoms with Crippen molar-refractivity contribution in [3.05, 3.63) is 0 Å². The van der Waals surface area contributed by atoms with Gasteiger partial charge in [0.25, 0.3) is 0 Å². The first kappa shape index (κ1) is 102. The van der Waals surface area contributed by atoms with E-state index in [2.05, 4.69) is 53.2 Å². The van der Waals surface area contributed by atoms with Gasteiger partial charge in [-0.25, -0.2) is 0 Å². The van der Waals surface area contributed by atoms with Crippen LogP contribution in [0.15, 0.2) is 0 Å².